The van der Waals surface area contributed by atoms with Gasteiger partial charge < -0.3 is 15.0 Å². The Bertz CT molecular complexity index is 258. The Kier molecular flexibility index (Phi) is 7.44. The number of hydrogen-bond donors (Lipinski definition) is 1. The second-order valence-corrected chi connectivity index (χ2v) is 3.72. The molecule has 0 spiro atoms. The number of esters is 1. The molecule has 0 radical (unpaired) electrons. The second kappa shape index (κ2) is 7.99. The van der Waals surface area contributed by atoms with Crippen LogP contribution in [0.4, 0.5) is 0 Å². The number of nitrogens with zero attached hydrogens (tertiary/aromatic N) is 2. The molecule has 0 aliphatic heterocycles. The van der Waals surface area contributed by atoms with E-state index in [9.17, 15) is 9.59 Å². The lowest BCUT2D eigenvalue weighted by molar-refractivity contribution is -0.159. The zero-order chi connectivity index (χ0) is 13.4. The Hall–Kier alpha value is -1.18. The van der Waals surface area contributed by atoms with Crippen molar-refractivity contribution < 1.29 is 19.2 Å². The summed E-state index contributed by atoms with van der Waals surface area (Å²) in [5, 5.41) is 4.23. The van der Waals surface area contributed by atoms with Crippen molar-refractivity contribution in [2.45, 2.75) is 6.04 Å². The summed E-state index contributed by atoms with van der Waals surface area (Å²) in [4.78, 5) is 29.4. The van der Waals surface area contributed by atoms with Gasteiger partial charge in [0.05, 0.1) is 7.11 Å². The summed E-state index contributed by atoms with van der Waals surface area (Å²) in [5.74, 6) is -0.608. The van der Waals surface area contributed by atoms with Gasteiger partial charge >= 0.3 is 5.97 Å². The fraction of sp³-hybridized carbons (Fsp3) is 0.800. The Morgan fingerprint density at radius 1 is 1.29 bits per heavy atom. The Labute approximate surface area is 102 Å². The molecule has 7 heteroatoms. The zero-order valence-electron chi connectivity index (χ0n) is 11.0. The fourth-order valence-electron chi connectivity index (χ4n) is 1.10. The average Bonchev–Trinajstić information content (AvgIpc) is 2.31. The van der Waals surface area contributed by atoms with Crippen LogP contribution in [0.25, 0.3) is 0 Å². The third kappa shape index (κ3) is 6.20. The van der Waals surface area contributed by atoms with Crippen LogP contribution in [-0.2, 0) is 19.2 Å². The fourth-order valence-corrected chi connectivity index (χ4v) is 1.10. The lowest BCUT2D eigenvalue weighted by Crippen LogP contribution is -2.46. The first-order chi connectivity index (χ1) is 7.92. The molecule has 1 atom stereocenters. The van der Waals surface area contributed by atoms with Crippen molar-refractivity contribution in [3.8, 4) is 0 Å². The SMILES string of the molecule is CNC(CN(C)C(=O)CON(C)C)C(=O)OC. The van der Waals surface area contributed by atoms with Gasteiger partial charge in [0.2, 0.25) is 0 Å². The summed E-state index contributed by atoms with van der Waals surface area (Å²) in [6.45, 7) is 0.180. The smallest absolute Gasteiger partial charge is 0.324 e. The van der Waals surface area contributed by atoms with Crippen LogP contribution in [0.5, 0.6) is 0 Å². The van der Waals surface area contributed by atoms with Crippen LogP contribution >= 0.6 is 0 Å². The minimum Gasteiger partial charge on any atom is -0.468 e. The van der Waals surface area contributed by atoms with Gasteiger partial charge in [-0.3, -0.25) is 14.4 Å². The van der Waals surface area contributed by atoms with E-state index in [4.69, 9.17) is 4.84 Å². The Morgan fingerprint density at radius 3 is 2.29 bits per heavy atom. The maximum Gasteiger partial charge on any atom is 0.324 e. The molecular formula is C10H21N3O4. The van der Waals surface area contributed by atoms with Crippen molar-refractivity contribution in [2.24, 2.45) is 0 Å². The van der Waals surface area contributed by atoms with E-state index < -0.39 is 12.0 Å². The molecule has 0 heterocycles. The van der Waals surface area contributed by atoms with Gasteiger partial charge in [0.1, 0.15) is 12.6 Å². The molecule has 1 unspecified atom stereocenters. The minimum atomic E-state index is -0.534. The highest BCUT2D eigenvalue weighted by Crippen LogP contribution is 1.94. The maximum absolute atomic E-state index is 11.6. The van der Waals surface area contributed by atoms with E-state index >= 15 is 0 Å². The molecule has 0 rings (SSSR count). The van der Waals surface area contributed by atoms with Crippen molar-refractivity contribution in [3.63, 3.8) is 0 Å². The van der Waals surface area contributed by atoms with Gasteiger partial charge in [0.25, 0.3) is 5.91 Å². The number of amides is 1. The third-order valence-corrected chi connectivity index (χ3v) is 2.16. The number of nitrogens with one attached hydrogen (secondary N) is 1. The minimum absolute atomic E-state index is 0.0545. The van der Waals surface area contributed by atoms with Gasteiger partial charge in [-0.1, -0.05) is 0 Å². The molecule has 100 valence electrons. The van der Waals surface area contributed by atoms with Crippen LogP contribution in [-0.4, -0.2) is 76.3 Å². The monoisotopic (exact) mass is 247 g/mol. The molecule has 1 amide bonds. The van der Waals surface area contributed by atoms with Gasteiger partial charge in [-0.15, -0.1) is 0 Å². The number of likely N-dealkylation sites (N-methyl/N-ethyl adjacent to an activating group) is 2. The van der Waals surface area contributed by atoms with Crippen molar-refractivity contribution in [3.05, 3.63) is 0 Å². The van der Waals surface area contributed by atoms with Crippen LogP contribution in [0.3, 0.4) is 0 Å². The number of rotatable bonds is 7. The lowest BCUT2D eigenvalue weighted by Gasteiger charge is -2.22. The van der Waals surface area contributed by atoms with Crippen LogP contribution in [0.1, 0.15) is 0 Å². The van der Waals surface area contributed by atoms with Crippen molar-refractivity contribution in [1.29, 1.82) is 0 Å². The van der Waals surface area contributed by atoms with Gasteiger partial charge in [0, 0.05) is 27.7 Å². The second-order valence-electron chi connectivity index (χ2n) is 3.72. The summed E-state index contributed by atoms with van der Waals surface area (Å²) in [6, 6.07) is -0.534. The van der Waals surface area contributed by atoms with E-state index in [0.717, 1.165) is 0 Å². The number of carbonyl (C=O) groups is 2. The molecule has 0 aliphatic carbocycles. The number of hydrogen-bond acceptors (Lipinski definition) is 6. The van der Waals surface area contributed by atoms with Gasteiger partial charge in [-0.25, -0.2) is 0 Å². The summed E-state index contributed by atoms with van der Waals surface area (Å²) < 4.78 is 4.60. The van der Waals surface area contributed by atoms with Crippen LogP contribution in [0.2, 0.25) is 0 Å². The molecule has 1 N–H and O–H groups in total. The van der Waals surface area contributed by atoms with Gasteiger partial charge in [-0.05, 0) is 7.05 Å². The molecule has 0 bridgehead atoms. The molecule has 0 saturated heterocycles. The molecular weight excluding hydrogens is 226 g/mol. The lowest BCUT2D eigenvalue weighted by atomic mass is 10.3. The summed E-state index contributed by atoms with van der Waals surface area (Å²) in [5.41, 5.74) is 0. The van der Waals surface area contributed by atoms with E-state index in [2.05, 4.69) is 10.1 Å². The molecule has 0 saturated carbocycles. The Balaban J connectivity index is 4.17. The largest absolute Gasteiger partial charge is 0.468 e. The summed E-state index contributed by atoms with van der Waals surface area (Å²) in [7, 11) is 7.94. The van der Waals surface area contributed by atoms with Crippen molar-refractivity contribution in [2.75, 3.05) is 48.5 Å². The quantitative estimate of drug-likeness (QED) is 0.445. The molecule has 0 aliphatic rings. The summed E-state index contributed by atoms with van der Waals surface area (Å²) >= 11 is 0. The first kappa shape index (κ1) is 15.8. The number of carbonyl (C=O) groups excluding carboxylic acids is 2. The third-order valence-electron chi connectivity index (χ3n) is 2.16. The van der Waals surface area contributed by atoms with E-state index in [1.54, 1.807) is 28.2 Å². The highest BCUT2D eigenvalue weighted by molar-refractivity contribution is 5.80. The highest BCUT2D eigenvalue weighted by Gasteiger charge is 2.21. The predicted molar refractivity (Wildman–Crippen MR) is 62.1 cm³/mol. The standard InChI is InChI=1S/C10H21N3O4/c1-11-8(10(15)16-5)6-13(4)9(14)7-17-12(2)3/h8,11H,6-7H2,1-5H3. The first-order valence-corrected chi connectivity index (χ1v) is 5.21. The summed E-state index contributed by atoms with van der Waals surface area (Å²) in [6.07, 6.45) is 0. The molecule has 0 aromatic rings. The molecule has 0 aromatic heterocycles. The average molecular weight is 247 g/mol. The van der Waals surface area contributed by atoms with Gasteiger partial charge in [0.15, 0.2) is 0 Å². The van der Waals surface area contributed by atoms with E-state index in [1.807, 2.05) is 0 Å². The molecule has 0 aromatic carbocycles. The molecule has 0 fully saturated rings. The molecule has 7 nitrogen and oxygen atoms in total. The van der Waals surface area contributed by atoms with Crippen LogP contribution in [0.15, 0.2) is 0 Å². The van der Waals surface area contributed by atoms with E-state index in [0.29, 0.717) is 0 Å². The number of methoxy groups -OCH3 is 1. The van der Waals surface area contributed by atoms with Crippen LogP contribution < -0.4 is 5.32 Å². The normalized spacial score (nSPS) is 12.4. The van der Waals surface area contributed by atoms with E-state index in [1.165, 1.54) is 17.1 Å². The Morgan fingerprint density at radius 2 is 1.88 bits per heavy atom. The van der Waals surface area contributed by atoms with Gasteiger partial charge in [-0.2, -0.15) is 5.06 Å². The first-order valence-electron chi connectivity index (χ1n) is 5.21. The number of hydroxylamine groups is 2. The number of ether oxygens (including phenoxy) is 1. The van der Waals surface area contributed by atoms with E-state index in [-0.39, 0.29) is 19.1 Å². The maximum atomic E-state index is 11.6. The highest BCUT2D eigenvalue weighted by atomic mass is 16.7. The zero-order valence-corrected chi connectivity index (χ0v) is 11.0. The van der Waals surface area contributed by atoms with Crippen LogP contribution in [0, 0.1) is 0 Å². The topological polar surface area (TPSA) is 71.1 Å². The predicted octanol–water partition coefficient (Wildman–Crippen LogP) is -1.30. The van der Waals surface area contributed by atoms with Crippen molar-refractivity contribution >= 4 is 11.9 Å². The van der Waals surface area contributed by atoms with Crippen molar-refractivity contribution in [1.82, 2.24) is 15.3 Å². The molecule has 17 heavy (non-hydrogen) atoms.